The van der Waals surface area contributed by atoms with Crippen molar-refractivity contribution in [3.8, 4) is 0 Å². The van der Waals surface area contributed by atoms with Crippen LogP contribution in [0.2, 0.25) is 0 Å². The Labute approximate surface area is 131 Å². The third kappa shape index (κ3) is 11.2. The smallest absolute Gasteiger partial charge is 0.120 e. The van der Waals surface area contributed by atoms with Crippen LogP contribution in [0, 0.1) is 11.8 Å². The lowest BCUT2D eigenvalue weighted by molar-refractivity contribution is -0.108. The minimum absolute atomic E-state index is 0.204. The van der Waals surface area contributed by atoms with Gasteiger partial charge >= 0.3 is 0 Å². The molecule has 0 amide bonds. The van der Waals surface area contributed by atoms with Crippen molar-refractivity contribution in [3.05, 3.63) is 38.0 Å². The minimum atomic E-state index is 0.204. The number of carbonyl (C=O) groups is 1. The second-order valence-corrected chi connectivity index (χ2v) is 5.82. The van der Waals surface area contributed by atoms with Crippen LogP contribution in [0.4, 0.5) is 0 Å². The van der Waals surface area contributed by atoms with Crippen molar-refractivity contribution in [3.63, 3.8) is 0 Å². The minimum Gasteiger partial charge on any atom is -0.378 e. The van der Waals surface area contributed by atoms with Crippen LogP contribution in [0.25, 0.3) is 0 Å². The summed E-state index contributed by atoms with van der Waals surface area (Å²) in [5, 5.41) is 0. The molecule has 0 saturated carbocycles. The molecule has 0 aromatic heterocycles. The van der Waals surface area contributed by atoms with E-state index in [1.807, 2.05) is 18.2 Å². The molecule has 0 aromatic carbocycles. The molecule has 0 spiro atoms. The number of carbonyl (C=O) groups excluding carboxylic acids is 1. The number of allylic oxidation sites excluding steroid dienone is 2. The average molecular weight is 292 g/mol. The van der Waals surface area contributed by atoms with Crippen LogP contribution in [0.1, 0.15) is 51.9 Å². The molecule has 0 heterocycles. The molecule has 2 heteroatoms. The van der Waals surface area contributed by atoms with Crippen LogP contribution in [0.15, 0.2) is 38.0 Å². The van der Waals surface area contributed by atoms with E-state index in [-0.39, 0.29) is 6.10 Å². The van der Waals surface area contributed by atoms with Crippen LogP contribution in [0.3, 0.4) is 0 Å². The maximum Gasteiger partial charge on any atom is 0.120 e. The first-order valence-electron chi connectivity index (χ1n) is 8.05. The van der Waals surface area contributed by atoms with Gasteiger partial charge in [-0.15, -0.1) is 19.7 Å². The molecule has 21 heavy (non-hydrogen) atoms. The Morgan fingerprint density at radius 3 is 2.24 bits per heavy atom. The third-order valence-electron chi connectivity index (χ3n) is 3.65. The van der Waals surface area contributed by atoms with Gasteiger partial charge in [-0.1, -0.05) is 25.2 Å². The van der Waals surface area contributed by atoms with Gasteiger partial charge in [-0.05, 0) is 50.4 Å². The van der Waals surface area contributed by atoms with Gasteiger partial charge in [-0.2, -0.15) is 0 Å². The summed E-state index contributed by atoms with van der Waals surface area (Å²) in [7, 11) is 0. The summed E-state index contributed by atoms with van der Waals surface area (Å²) in [5.41, 5.74) is 0. The molecule has 0 saturated heterocycles. The van der Waals surface area contributed by atoms with E-state index in [2.05, 4.69) is 26.7 Å². The molecular formula is C19H32O2. The summed E-state index contributed by atoms with van der Waals surface area (Å²) in [6, 6.07) is 0. The third-order valence-corrected chi connectivity index (χ3v) is 3.65. The highest BCUT2D eigenvalue weighted by Crippen LogP contribution is 2.25. The van der Waals surface area contributed by atoms with Gasteiger partial charge in [0.2, 0.25) is 0 Å². The number of ether oxygens (including phenoxy) is 1. The van der Waals surface area contributed by atoms with Gasteiger partial charge in [-0.25, -0.2) is 0 Å². The second kappa shape index (κ2) is 13.8. The zero-order chi connectivity index (χ0) is 15.9. The first-order valence-corrected chi connectivity index (χ1v) is 8.05. The van der Waals surface area contributed by atoms with Crippen molar-refractivity contribution in [1.29, 1.82) is 0 Å². The SMILES string of the molecule is C=CCC(C)CC(CC=C)CC(CC=C)OCCCC=O. The van der Waals surface area contributed by atoms with Crippen LogP contribution in [0.5, 0.6) is 0 Å². The summed E-state index contributed by atoms with van der Waals surface area (Å²) >= 11 is 0. The number of hydrogen-bond acceptors (Lipinski definition) is 2. The quantitative estimate of drug-likeness (QED) is 0.238. The molecule has 0 radical (unpaired) electrons. The lowest BCUT2D eigenvalue weighted by atomic mass is 9.86. The van der Waals surface area contributed by atoms with Crippen molar-refractivity contribution < 1.29 is 9.53 Å². The molecule has 0 rings (SSSR count). The van der Waals surface area contributed by atoms with Crippen molar-refractivity contribution in [2.75, 3.05) is 6.61 Å². The van der Waals surface area contributed by atoms with Crippen molar-refractivity contribution in [2.24, 2.45) is 11.8 Å². The van der Waals surface area contributed by atoms with E-state index in [9.17, 15) is 4.79 Å². The molecule has 0 aliphatic carbocycles. The number of aldehydes is 1. The molecule has 2 nitrogen and oxygen atoms in total. The van der Waals surface area contributed by atoms with E-state index in [1.165, 1.54) is 6.42 Å². The largest absolute Gasteiger partial charge is 0.378 e. The fraction of sp³-hybridized carbons (Fsp3) is 0.632. The van der Waals surface area contributed by atoms with Crippen molar-refractivity contribution in [2.45, 2.75) is 58.0 Å². The standard InChI is InChI=1S/C19H32O2/c1-5-10-17(4)15-18(11-6-2)16-19(12-7-3)21-14-9-8-13-20/h5-7,13,17-19H,1-3,8-12,14-16H2,4H3. The Bertz CT molecular complexity index is 296. The average Bonchev–Trinajstić information content (AvgIpc) is 2.44. The molecule has 0 aliphatic rings. The summed E-state index contributed by atoms with van der Waals surface area (Å²) in [6.07, 6.45) is 13.6. The second-order valence-electron chi connectivity index (χ2n) is 5.82. The Hall–Kier alpha value is -1.15. The molecule has 0 aromatic rings. The van der Waals surface area contributed by atoms with Gasteiger partial charge in [0.25, 0.3) is 0 Å². The topological polar surface area (TPSA) is 26.3 Å². The molecule has 0 fully saturated rings. The summed E-state index contributed by atoms with van der Waals surface area (Å²) < 4.78 is 5.92. The van der Waals surface area contributed by atoms with Crippen LogP contribution < -0.4 is 0 Å². The van der Waals surface area contributed by atoms with Crippen molar-refractivity contribution in [1.82, 2.24) is 0 Å². The molecular weight excluding hydrogens is 260 g/mol. The van der Waals surface area contributed by atoms with Gasteiger partial charge in [0.1, 0.15) is 6.29 Å². The van der Waals surface area contributed by atoms with E-state index in [1.54, 1.807) is 0 Å². The highest BCUT2D eigenvalue weighted by Gasteiger charge is 2.17. The van der Waals surface area contributed by atoms with E-state index in [4.69, 9.17) is 4.74 Å². The molecule has 0 bridgehead atoms. The van der Waals surface area contributed by atoms with Crippen LogP contribution in [-0.2, 0) is 9.53 Å². The number of unbranched alkanes of at least 4 members (excludes halogenated alkanes) is 1. The highest BCUT2D eigenvalue weighted by atomic mass is 16.5. The predicted molar refractivity (Wildman–Crippen MR) is 91.4 cm³/mol. The molecule has 3 atom stereocenters. The predicted octanol–water partition coefficient (Wildman–Crippen LogP) is 5.11. The molecule has 0 aliphatic heterocycles. The highest BCUT2D eigenvalue weighted by molar-refractivity contribution is 5.48. The van der Waals surface area contributed by atoms with E-state index < -0.39 is 0 Å². The van der Waals surface area contributed by atoms with E-state index in [0.29, 0.717) is 24.9 Å². The molecule has 120 valence electrons. The Kier molecular flexibility index (Phi) is 13.1. The van der Waals surface area contributed by atoms with Crippen molar-refractivity contribution >= 4 is 6.29 Å². The maximum absolute atomic E-state index is 10.3. The zero-order valence-corrected chi connectivity index (χ0v) is 13.6. The Morgan fingerprint density at radius 1 is 1.00 bits per heavy atom. The number of rotatable bonds is 15. The monoisotopic (exact) mass is 292 g/mol. The lowest BCUT2D eigenvalue weighted by Crippen LogP contribution is -2.19. The first-order chi connectivity index (χ1) is 10.2. The van der Waals surface area contributed by atoms with Gasteiger partial charge in [0, 0.05) is 13.0 Å². The van der Waals surface area contributed by atoms with Crippen LogP contribution in [-0.4, -0.2) is 19.0 Å². The molecule has 3 unspecified atom stereocenters. The zero-order valence-electron chi connectivity index (χ0n) is 13.6. The fourth-order valence-corrected chi connectivity index (χ4v) is 2.68. The first kappa shape index (κ1) is 19.9. The summed E-state index contributed by atoms with van der Waals surface area (Å²) in [4.78, 5) is 10.3. The van der Waals surface area contributed by atoms with Gasteiger partial charge < -0.3 is 9.53 Å². The summed E-state index contributed by atoms with van der Waals surface area (Å²) in [5.74, 6) is 1.24. The van der Waals surface area contributed by atoms with Gasteiger partial charge in [-0.3, -0.25) is 0 Å². The fourth-order valence-electron chi connectivity index (χ4n) is 2.68. The number of hydrogen-bond donors (Lipinski definition) is 0. The normalized spacial score (nSPS) is 14.9. The molecule has 0 N–H and O–H groups in total. The lowest BCUT2D eigenvalue weighted by Gasteiger charge is -2.24. The van der Waals surface area contributed by atoms with E-state index >= 15 is 0 Å². The van der Waals surface area contributed by atoms with E-state index in [0.717, 1.165) is 38.4 Å². The van der Waals surface area contributed by atoms with Gasteiger partial charge in [0.15, 0.2) is 0 Å². The maximum atomic E-state index is 10.3. The Balaban J connectivity index is 4.34. The summed E-state index contributed by atoms with van der Waals surface area (Å²) in [6.45, 7) is 14.4. The van der Waals surface area contributed by atoms with Crippen LogP contribution >= 0.6 is 0 Å². The Morgan fingerprint density at radius 2 is 1.67 bits per heavy atom. The van der Waals surface area contributed by atoms with Gasteiger partial charge in [0.05, 0.1) is 6.10 Å².